The Hall–Kier alpha value is -2.17. The Balaban J connectivity index is 2.27. The van der Waals surface area contributed by atoms with E-state index in [2.05, 4.69) is 12.0 Å². The first kappa shape index (κ1) is 13.3. The van der Waals surface area contributed by atoms with Crippen molar-refractivity contribution in [1.82, 2.24) is 9.78 Å². The number of ether oxygens (including phenoxy) is 2. The Bertz CT molecular complexity index is 564. The molecule has 102 valence electrons. The van der Waals surface area contributed by atoms with Crippen LogP contribution in [-0.2, 0) is 13.5 Å². The van der Waals surface area contributed by atoms with Crippen molar-refractivity contribution in [2.75, 3.05) is 12.8 Å². The number of hydrogen-bond acceptors (Lipinski definition) is 4. The van der Waals surface area contributed by atoms with E-state index in [0.717, 1.165) is 24.3 Å². The molecule has 19 heavy (non-hydrogen) atoms. The van der Waals surface area contributed by atoms with E-state index in [0.29, 0.717) is 17.3 Å². The van der Waals surface area contributed by atoms with Crippen molar-refractivity contribution in [3.63, 3.8) is 0 Å². The smallest absolute Gasteiger partial charge is 0.241 e. The van der Waals surface area contributed by atoms with Crippen molar-refractivity contribution in [3.8, 4) is 17.4 Å². The van der Waals surface area contributed by atoms with Gasteiger partial charge in [0.15, 0.2) is 0 Å². The van der Waals surface area contributed by atoms with Gasteiger partial charge in [0.2, 0.25) is 5.88 Å². The van der Waals surface area contributed by atoms with Crippen LogP contribution in [0.15, 0.2) is 24.3 Å². The highest BCUT2D eigenvalue weighted by Gasteiger charge is 2.14. The van der Waals surface area contributed by atoms with Crippen molar-refractivity contribution in [1.29, 1.82) is 0 Å². The first-order valence-electron chi connectivity index (χ1n) is 6.29. The third kappa shape index (κ3) is 2.81. The predicted octanol–water partition coefficient (Wildman–Crippen LogP) is 2.76. The molecule has 0 spiro atoms. The van der Waals surface area contributed by atoms with Crippen LogP contribution in [0, 0.1) is 0 Å². The molecule has 0 aliphatic rings. The molecular formula is C14H19N3O2. The van der Waals surface area contributed by atoms with Gasteiger partial charge < -0.3 is 15.2 Å². The monoisotopic (exact) mass is 261 g/mol. The van der Waals surface area contributed by atoms with E-state index in [-0.39, 0.29) is 0 Å². The standard InChI is InChI=1S/C14H19N3O2/c1-4-6-12-13(15)14(17(2)16-12)19-11-8-5-7-10(9-11)18-3/h5,7-9H,4,6,15H2,1-3H3. The molecule has 5 nitrogen and oxygen atoms in total. The van der Waals surface area contributed by atoms with Crippen LogP contribution in [0.1, 0.15) is 19.0 Å². The average molecular weight is 261 g/mol. The molecule has 0 saturated carbocycles. The molecule has 1 aromatic carbocycles. The van der Waals surface area contributed by atoms with Crippen LogP contribution in [0.5, 0.6) is 17.4 Å². The van der Waals surface area contributed by atoms with Gasteiger partial charge in [0.1, 0.15) is 17.2 Å². The second kappa shape index (κ2) is 5.65. The van der Waals surface area contributed by atoms with E-state index in [1.54, 1.807) is 11.8 Å². The molecule has 2 N–H and O–H groups in total. The third-order valence-electron chi connectivity index (χ3n) is 2.85. The summed E-state index contributed by atoms with van der Waals surface area (Å²) < 4.78 is 12.6. The van der Waals surface area contributed by atoms with Crippen molar-refractivity contribution >= 4 is 5.69 Å². The first-order valence-corrected chi connectivity index (χ1v) is 6.29. The minimum atomic E-state index is 0.566. The van der Waals surface area contributed by atoms with Gasteiger partial charge >= 0.3 is 0 Å². The lowest BCUT2D eigenvalue weighted by Crippen LogP contribution is -1.97. The average Bonchev–Trinajstić information content (AvgIpc) is 2.67. The van der Waals surface area contributed by atoms with Crippen molar-refractivity contribution < 1.29 is 9.47 Å². The maximum atomic E-state index is 6.07. The number of aryl methyl sites for hydroxylation is 2. The Morgan fingerprint density at radius 1 is 1.32 bits per heavy atom. The number of benzene rings is 1. The molecule has 0 bridgehead atoms. The first-order chi connectivity index (χ1) is 9.15. The zero-order chi connectivity index (χ0) is 13.8. The number of nitrogens with two attached hydrogens (primary N) is 1. The predicted molar refractivity (Wildman–Crippen MR) is 74.7 cm³/mol. The molecule has 0 unspecified atom stereocenters. The molecule has 0 fully saturated rings. The zero-order valence-electron chi connectivity index (χ0n) is 11.5. The van der Waals surface area contributed by atoms with Gasteiger partial charge in [-0.15, -0.1) is 0 Å². The number of methoxy groups -OCH3 is 1. The van der Waals surface area contributed by atoms with Crippen molar-refractivity contribution in [3.05, 3.63) is 30.0 Å². The highest BCUT2D eigenvalue weighted by atomic mass is 16.5. The lowest BCUT2D eigenvalue weighted by atomic mass is 10.2. The summed E-state index contributed by atoms with van der Waals surface area (Å²) in [5.41, 5.74) is 7.55. The van der Waals surface area contributed by atoms with Gasteiger partial charge in [-0.3, -0.25) is 0 Å². The molecule has 0 radical (unpaired) electrons. The Morgan fingerprint density at radius 3 is 2.74 bits per heavy atom. The van der Waals surface area contributed by atoms with Crippen LogP contribution >= 0.6 is 0 Å². The minimum Gasteiger partial charge on any atom is -0.497 e. The quantitative estimate of drug-likeness (QED) is 0.899. The lowest BCUT2D eigenvalue weighted by molar-refractivity contribution is 0.402. The summed E-state index contributed by atoms with van der Waals surface area (Å²) in [5, 5.41) is 4.37. The van der Waals surface area contributed by atoms with Crippen molar-refractivity contribution in [2.45, 2.75) is 19.8 Å². The van der Waals surface area contributed by atoms with Crippen LogP contribution in [0.2, 0.25) is 0 Å². The van der Waals surface area contributed by atoms with E-state index >= 15 is 0 Å². The molecule has 0 atom stereocenters. The van der Waals surface area contributed by atoms with Crippen LogP contribution in [-0.4, -0.2) is 16.9 Å². The number of anilines is 1. The zero-order valence-corrected chi connectivity index (χ0v) is 11.5. The fourth-order valence-corrected chi connectivity index (χ4v) is 1.90. The van der Waals surface area contributed by atoms with Gasteiger partial charge in [0, 0.05) is 13.1 Å². The summed E-state index contributed by atoms with van der Waals surface area (Å²) in [6.07, 6.45) is 1.85. The number of nitrogens with zero attached hydrogens (tertiary/aromatic N) is 2. The molecule has 0 amide bonds. The van der Waals surface area contributed by atoms with Crippen LogP contribution in [0.25, 0.3) is 0 Å². The maximum Gasteiger partial charge on any atom is 0.241 e. The fourth-order valence-electron chi connectivity index (χ4n) is 1.90. The Kier molecular flexibility index (Phi) is 3.94. The van der Waals surface area contributed by atoms with Crippen LogP contribution in [0.3, 0.4) is 0 Å². The molecule has 0 saturated heterocycles. The van der Waals surface area contributed by atoms with Crippen molar-refractivity contribution in [2.24, 2.45) is 7.05 Å². The molecule has 0 aliphatic heterocycles. The van der Waals surface area contributed by atoms with E-state index in [1.807, 2.05) is 31.3 Å². The van der Waals surface area contributed by atoms with Crippen LogP contribution < -0.4 is 15.2 Å². The fraction of sp³-hybridized carbons (Fsp3) is 0.357. The summed E-state index contributed by atoms with van der Waals surface area (Å²) in [6.45, 7) is 2.09. The molecule has 2 aromatic rings. The largest absolute Gasteiger partial charge is 0.497 e. The molecule has 1 aromatic heterocycles. The number of rotatable bonds is 5. The van der Waals surface area contributed by atoms with Gasteiger partial charge in [-0.2, -0.15) is 5.10 Å². The van der Waals surface area contributed by atoms with Crippen LogP contribution in [0.4, 0.5) is 5.69 Å². The molecule has 2 rings (SSSR count). The second-order valence-electron chi connectivity index (χ2n) is 4.32. The van der Waals surface area contributed by atoms with Gasteiger partial charge in [-0.1, -0.05) is 19.4 Å². The van der Waals surface area contributed by atoms with E-state index in [1.165, 1.54) is 0 Å². The summed E-state index contributed by atoms with van der Waals surface area (Å²) in [4.78, 5) is 0. The topological polar surface area (TPSA) is 62.3 Å². The Labute approximate surface area is 112 Å². The van der Waals surface area contributed by atoms with Gasteiger partial charge in [0.05, 0.1) is 12.8 Å². The lowest BCUT2D eigenvalue weighted by Gasteiger charge is -2.08. The number of hydrogen-bond donors (Lipinski definition) is 1. The molecule has 1 heterocycles. The Morgan fingerprint density at radius 2 is 2.05 bits per heavy atom. The molecule has 5 heteroatoms. The van der Waals surface area contributed by atoms with Gasteiger partial charge in [0.25, 0.3) is 0 Å². The summed E-state index contributed by atoms with van der Waals surface area (Å²) in [7, 11) is 3.45. The summed E-state index contributed by atoms with van der Waals surface area (Å²) in [6, 6.07) is 7.40. The van der Waals surface area contributed by atoms with E-state index in [9.17, 15) is 0 Å². The third-order valence-corrected chi connectivity index (χ3v) is 2.85. The highest BCUT2D eigenvalue weighted by Crippen LogP contribution is 2.31. The van der Waals surface area contributed by atoms with E-state index < -0.39 is 0 Å². The number of nitrogen functional groups attached to an aromatic ring is 1. The SMILES string of the molecule is CCCc1nn(C)c(Oc2cccc(OC)c2)c1N. The van der Waals surface area contributed by atoms with E-state index in [4.69, 9.17) is 15.2 Å². The summed E-state index contributed by atoms with van der Waals surface area (Å²) >= 11 is 0. The van der Waals surface area contributed by atoms with Gasteiger partial charge in [-0.25, -0.2) is 4.68 Å². The molecular weight excluding hydrogens is 242 g/mol. The number of aromatic nitrogens is 2. The second-order valence-corrected chi connectivity index (χ2v) is 4.32. The summed E-state index contributed by atoms with van der Waals surface area (Å²) in [5.74, 6) is 1.99. The van der Waals surface area contributed by atoms with Gasteiger partial charge in [-0.05, 0) is 18.6 Å². The normalized spacial score (nSPS) is 10.5. The minimum absolute atomic E-state index is 0.566. The highest BCUT2D eigenvalue weighted by molar-refractivity contribution is 5.54. The molecule has 0 aliphatic carbocycles. The maximum absolute atomic E-state index is 6.07.